The molecule has 1 aromatic carbocycles. The molecule has 0 aliphatic rings. The first-order chi connectivity index (χ1) is 10.3. The third-order valence-electron chi connectivity index (χ3n) is 0.967. The van der Waals surface area contributed by atoms with Gasteiger partial charge in [-0.3, -0.25) is 10.1 Å². The van der Waals surface area contributed by atoms with E-state index in [1.165, 1.54) is 12.1 Å². The minimum absolute atomic E-state index is 0. The molecular weight excluding hydrogens is 432 g/mol. The molecule has 0 aliphatic carbocycles. The molecule has 0 aliphatic heterocycles. The van der Waals surface area contributed by atoms with Gasteiger partial charge in [-0.15, -0.1) is 0 Å². The summed E-state index contributed by atoms with van der Waals surface area (Å²) >= 11 is 0. The number of nitrogens with zero attached hydrogens (tertiary/aromatic N) is 1. The van der Waals surface area contributed by atoms with E-state index in [1.807, 2.05) is 0 Å². The van der Waals surface area contributed by atoms with Gasteiger partial charge in [0.15, 0.2) is 0 Å². The number of hydrogen-bond donors (Lipinski definition) is 1. The fourth-order valence-electron chi connectivity index (χ4n) is 0.550. The van der Waals surface area contributed by atoms with Gasteiger partial charge < -0.3 is 57.9 Å². The molecule has 0 amide bonds. The first kappa shape index (κ1) is 36.5. The van der Waals surface area contributed by atoms with E-state index in [1.54, 1.807) is 18.2 Å². The van der Waals surface area contributed by atoms with Crippen LogP contribution in [0.15, 0.2) is 30.3 Å². The standard InChI is InChI=1S/C6H5NO2.3BF4.K.H3N.H/c8-7(9)6-4-2-1-3-5-6;3*2-1(3,4)5;;;/h1-5H;;;;;1H3;/q;3*-1;;;. The van der Waals surface area contributed by atoms with Crippen LogP contribution in [0, 0.1) is 10.1 Å². The molecule has 0 saturated carbocycles. The van der Waals surface area contributed by atoms with E-state index in [0.29, 0.717) is 0 Å². The summed E-state index contributed by atoms with van der Waals surface area (Å²) in [6.07, 6.45) is 0. The Labute approximate surface area is 181 Å². The Balaban J connectivity index is -0.0000000771. The van der Waals surface area contributed by atoms with Gasteiger partial charge in [0.2, 0.25) is 0 Å². The molecule has 0 fully saturated rings. The van der Waals surface area contributed by atoms with Crippen molar-refractivity contribution in [3.8, 4) is 0 Å². The summed E-state index contributed by atoms with van der Waals surface area (Å²) in [5.74, 6) is 0. The number of non-ortho nitro benzene ring substituents is 1. The van der Waals surface area contributed by atoms with Gasteiger partial charge in [0.25, 0.3) is 5.69 Å². The number of para-hydroxylation sites is 1. The van der Waals surface area contributed by atoms with E-state index in [-0.39, 0.29) is 63.2 Å². The van der Waals surface area contributed by atoms with Crippen molar-refractivity contribution in [3.63, 3.8) is 0 Å². The molecule has 0 heterocycles. The van der Waals surface area contributed by atoms with Gasteiger partial charge in [-0.1, -0.05) is 18.2 Å². The fourth-order valence-corrected chi connectivity index (χ4v) is 0.550. The van der Waals surface area contributed by atoms with E-state index >= 15 is 0 Å². The van der Waals surface area contributed by atoms with E-state index in [2.05, 4.69) is 0 Å². The predicted molar refractivity (Wildman–Crippen MR) is 75.8 cm³/mol. The van der Waals surface area contributed by atoms with E-state index in [4.69, 9.17) is 0 Å². The molecule has 0 aromatic heterocycles. The third kappa shape index (κ3) is 89.7. The van der Waals surface area contributed by atoms with Crippen LogP contribution in [0.5, 0.6) is 0 Å². The van der Waals surface area contributed by atoms with Crippen molar-refractivity contribution in [2.24, 2.45) is 0 Å². The third-order valence-corrected chi connectivity index (χ3v) is 0.967. The van der Waals surface area contributed by atoms with Crippen molar-refractivity contribution in [3.05, 3.63) is 40.4 Å². The van der Waals surface area contributed by atoms with Crippen molar-refractivity contribution in [2.45, 2.75) is 0 Å². The maximum absolute atomic E-state index is 10.0. The van der Waals surface area contributed by atoms with E-state index in [9.17, 15) is 61.9 Å². The Kier molecular flexibility index (Phi) is 23.5. The van der Waals surface area contributed by atoms with E-state index in [0.717, 1.165) is 0 Å². The number of nitro groups is 1. The van der Waals surface area contributed by atoms with Gasteiger partial charge in [0, 0.05) is 12.1 Å². The van der Waals surface area contributed by atoms with Crippen molar-refractivity contribution in [1.29, 1.82) is 0 Å². The van der Waals surface area contributed by atoms with Crippen LogP contribution < -0.4 is 6.15 Å². The molecule has 0 atom stereocenters. The van der Waals surface area contributed by atoms with Crippen LogP contribution >= 0.6 is 0 Å². The Morgan fingerprint density at radius 2 is 0.846 bits per heavy atom. The van der Waals surface area contributed by atoms with Crippen molar-refractivity contribution < 1.29 is 56.7 Å². The average Bonchev–Trinajstić information content (AvgIpc) is 2.23. The molecule has 0 radical (unpaired) electrons. The molecule has 26 heavy (non-hydrogen) atoms. The monoisotopic (exact) mass is 441 g/mol. The maximum atomic E-state index is 10.0. The van der Waals surface area contributed by atoms with Crippen molar-refractivity contribution in [2.75, 3.05) is 0 Å². The van der Waals surface area contributed by atoms with Crippen LogP contribution in [0.1, 0.15) is 0 Å². The zero-order valence-corrected chi connectivity index (χ0v) is 11.6. The second-order valence-corrected chi connectivity index (χ2v) is 3.08. The van der Waals surface area contributed by atoms with Crippen LogP contribution in [-0.2, 0) is 0 Å². The molecule has 20 heteroatoms. The Morgan fingerprint density at radius 3 is 0.962 bits per heavy atom. The van der Waals surface area contributed by atoms with Crippen LogP contribution in [0.25, 0.3) is 0 Å². The molecule has 1 rings (SSSR count). The average molecular weight is 441 g/mol. The first-order valence-electron chi connectivity index (χ1n) is 5.12. The summed E-state index contributed by atoms with van der Waals surface area (Å²) < 4.78 is 117. The van der Waals surface area contributed by atoms with Crippen LogP contribution in [0.2, 0.25) is 0 Å². The van der Waals surface area contributed by atoms with Crippen LogP contribution in [0.4, 0.5) is 57.5 Å². The van der Waals surface area contributed by atoms with E-state index < -0.39 is 26.7 Å². The summed E-state index contributed by atoms with van der Waals surface area (Å²) in [6.45, 7) is 0. The number of benzene rings is 1. The Morgan fingerprint density at radius 1 is 0.654 bits per heavy atom. The number of hydrogen-bond acceptors (Lipinski definition) is 3. The summed E-state index contributed by atoms with van der Waals surface area (Å²) in [7, 11) is -18.0. The molecule has 0 unspecified atom stereocenters. The second kappa shape index (κ2) is 16.7. The number of rotatable bonds is 1. The molecule has 0 spiro atoms. The molecule has 152 valence electrons. The quantitative estimate of drug-likeness (QED) is 0.289. The Bertz CT molecular complexity index is 410. The zero-order valence-electron chi connectivity index (χ0n) is 11.6. The molecular formula is C6H9B3F12KN2O2-3. The number of nitro benzene ring substituents is 1. The summed E-state index contributed by atoms with van der Waals surface area (Å²) in [5.41, 5.74) is 0.137. The summed E-state index contributed by atoms with van der Waals surface area (Å²) in [4.78, 5) is 9.59. The first-order valence-corrected chi connectivity index (χ1v) is 5.12. The molecule has 0 saturated heterocycles. The predicted octanol–water partition coefficient (Wildman–Crippen LogP) is 5.01. The van der Waals surface area contributed by atoms with Crippen LogP contribution in [0.3, 0.4) is 0 Å². The molecule has 1 aromatic rings. The summed E-state index contributed by atoms with van der Waals surface area (Å²) in [5, 5.41) is 10.0. The van der Waals surface area contributed by atoms with Gasteiger partial charge in [0.1, 0.15) is 0 Å². The normalized spacial score (nSPS) is 10.0. The second-order valence-electron chi connectivity index (χ2n) is 3.08. The topological polar surface area (TPSA) is 78.1 Å². The van der Waals surface area contributed by atoms with Gasteiger partial charge in [-0.2, -0.15) is 0 Å². The van der Waals surface area contributed by atoms with Gasteiger partial charge in [-0.05, 0) is 0 Å². The van der Waals surface area contributed by atoms with Gasteiger partial charge in [-0.25, -0.2) is 0 Å². The minimum atomic E-state index is -6.00. The molecule has 4 nitrogen and oxygen atoms in total. The molecule has 0 bridgehead atoms. The van der Waals surface area contributed by atoms with Crippen LogP contribution in [-0.4, -0.2) is 78.1 Å². The zero-order chi connectivity index (χ0) is 20.2. The Hall–Kier alpha value is -0.429. The van der Waals surface area contributed by atoms with Gasteiger partial charge in [0.05, 0.1) is 4.92 Å². The molecule has 3 N–H and O–H groups in total. The van der Waals surface area contributed by atoms with Gasteiger partial charge >= 0.3 is 73.1 Å². The summed E-state index contributed by atoms with van der Waals surface area (Å²) in [6, 6.07) is 7.93. The number of halogens is 12. The van der Waals surface area contributed by atoms with Crippen molar-refractivity contribution >= 4 is 78.8 Å². The fraction of sp³-hybridized carbons (Fsp3) is 0. The van der Waals surface area contributed by atoms with Crippen molar-refractivity contribution in [1.82, 2.24) is 6.15 Å². The SMILES string of the molecule is F[B-](F)(F)F.F[B-](F)(F)F.F[B-](F)(F)F.N.O=[N+]([O-])c1ccccc1.[KH].